The lowest BCUT2D eigenvalue weighted by Crippen LogP contribution is -2.31. The Hall–Kier alpha value is -0.430. The summed E-state index contributed by atoms with van der Waals surface area (Å²) in [6.07, 6.45) is 0. The molecule has 6 heteroatoms. The summed E-state index contributed by atoms with van der Waals surface area (Å²) in [4.78, 5) is 0. The van der Waals surface area contributed by atoms with Gasteiger partial charge < -0.3 is 5.32 Å². The average Bonchev–Trinajstić information content (AvgIpc) is 2.29. The van der Waals surface area contributed by atoms with E-state index < -0.39 is 10.0 Å². The minimum atomic E-state index is -3.10. The van der Waals surface area contributed by atoms with E-state index >= 15 is 0 Å². The van der Waals surface area contributed by atoms with Gasteiger partial charge >= 0.3 is 0 Å². The summed E-state index contributed by atoms with van der Waals surface area (Å²) in [6.45, 7) is 3.16. The molecule has 0 unspecified atom stereocenters. The van der Waals surface area contributed by atoms with Crippen LogP contribution >= 0.6 is 15.9 Å². The maximum Gasteiger partial charge on any atom is 0.214 e. The van der Waals surface area contributed by atoms with Crippen molar-refractivity contribution < 1.29 is 8.42 Å². The van der Waals surface area contributed by atoms with Crippen LogP contribution in [0.3, 0.4) is 0 Å². The monoisotopic (exact) mass is 334 g/mol. The van der Waals surface area contributed by atoms with Gasteiger partial charge in [-0.05, 0) is 24.1 Å². The third-order valence-electron chi connectivity index (χ3n) is 2.64. The summed E-state index contributed by atoms with van der Waals surface area (Å²) in [5.41, 5.74) is 2.33. The number of nitrogens with one attached hydrogen (secondary N) is 1. The van der Waals surface area contributed by atoms with E-state index in [2.05, 4.69) is 27.3 Å². The van der Waals surface area contributed by atoms with Gasteiger partial charge in [0, 0.05) is 31.7 Å². The Bertz CT molecular complexity index is 501. The standard InChI is InChI=1S/C12H19BrN2O2S/c1-10-8-11(4-5-12(10)13)9-14-6-7-18(16,17)15(2)3/h4-5,8,14H,6-7,9H2,1-3H3. The van der Waals surface area contributed by atoms with Gasteiger partial charge in [0.2, 0.25) is 10.0 Å². The van der Waals surface area contributed by atoms with E-state index in [0.29, 0.717) is 13.1 Å². The van der Waals surface area contributed by atoms with E-state index in [0.717, 1.165) is 10.0 Å². The third-order valence-corrected chi connectivity index (χ3v) is 5.37. The second-order valence-electron chi connectivity index (χ2n) is 4.36. The Kier molecular flexibility index (Phi) is 5.78. The SMILES string of the molecule is Cc1cc(CNCCS(=O)(=O)N(C)C)ccc1Br. The molecular formula is C12H19BrN2O2S. The van der Waals surface area contributed by atoms with Crippen LogP contribution in [0.5, 0.6) is 0 Å². The molecule has 0 aliphatic rings. The van der Waals surface area contributed by atoms with E-state index in [9.17, 15) is 8.42 Å². The zero-order chi connectivity index (χ0) is 13.8. The highest BCUT2D eigenvalue weighted by atomic mass is 79.9. The maximum atomic E-state index is 11.5. The fourth-order valence-corrected chi connectivity index (χ4v) is 2.45. The van der Waals surface area contributed by atoms with Gasteiger partial charge in [-0.3, -0.25) is 0 Å². The van der Waals surface area contributed by atoms with Gasteiger partial charge in [0.25, 0.3) is 0 Å². The minimum absolute atomic E-state index is 0.121. The second kappa shape index (κ2) is 6.65. The number of hydrogen-bond donors (Lipinski definition) is 1. The van der Waals surface area contributed by atoms with Crippen molar-refractivity contribution in [1.82, 2.24) is 9.62 Å². The van der Waals surface area contributed by atoms with Crippen LogP contribution in [0.4, 0.5) is 0 Å². The van der Waals surface area contributed by atoms with Crippen LogP contribution in [0.25, 0.3) is 0 Å². The number of sulfonamides is 1. The van der Waals surface area contributed by atoms with Gasteiger partial charge in [0.15, 0.2) is 0 Å². The molecule has 0 amide bonds. The average molecular weight is 335 g/mol. The van der Waals surface area contributed by atoms with Crippen LogP contribution in [0.1, 0.15) is 11.1 Å². The number of hydrogen-bond acceptors (Lipinski definition) is 3. The van der Waals surface area contributed by atoms with Crippen molar-refractivity contribution in [3.63, 3.8) is 0 Å². The fraction of sp³-hybridized carbons (Fsp3) is 0.500. The first-order valence-electron chi connectivity index (χ1n) is 5.69. The topological polar surface area (TPSA) is 49.4 Å². The number of benzene rings is 1. The van der Waals surface area contributed by atoms with Gasteiger partial charge in [-0.15, -0.1) is 0 Å². The molecule has 1 rings (SSSR count). The molecule has 0 saturated carbocycles. The molecular weight excluding hydrogens is 316 g/mol. The van der Waals surface area contributed by atoms with Crippen molar-refractivity contribution in [2.75, 3.05) is 26.4 Å². The van der Waals surface area contributed by atoms with Gasteiger partial charge in [0.1, 0.15) is 0 Å². The third kappa shape index (κ3) is 4.68. The van der Waals surface area contributed by atoms with Crippen LogP contribution in [0.2, 0.25) is 0 Å². The fourth-order valence-electron chi connectivity index (χ4n) is 1.43. The van der Waals surface area contributed by atoms with Gasteiger partial charge in [-0.1, -0.05) is 28.1 Å². The highest BCUT2D eigenvalue weighted by Crippen LogP contribution is 2.16. The van der Waals surface area contributed by atoms with E-state index in [1.54, 1.807) is 14.1 Å². The molecule has 18 heavy (non-hydrogen) atoms. The normalized spacial score (nSPS) is 12.1. The summed E-state index contributed by atoms with van der Waals surface area (Å²) in [5.74, 6) is 0.121. The Balaban J connectivity index is 2.41. The Labute approximate surface area is 118 Å². The number of halogens is 1. The summed E-state index contributed by atoms with van der Waals surface area (Å²) in [5, 5.41) is 3.14. The van der Waals surface area contributed by atoms with Crippen molar-refractivity contribution in [2.24, 2.45) is 0 Å². The molecule has 0 aromatic heterocycles. The van der Waals surface area contributed by atoms with E-state index in [-0.39, 0.29) is 5.75 Å². The molecule has 0 aliphatic heterocycles. The highest BCUT2D eigenvalue weighted by molar-refractivity contribution is 9.10. The summed E-state index contributed by atoms with van der Waals surface area (Å²) in [7, 11) is -0.00613. The largest absolute Gasteiger partial charge is 0.312 e. The molecule has 0 saturated heterocycles. The Morgan fingerprint density at radius 3 is 2.56 bits per heavy atom. The van der Waals surface area contributed by atoms with Crippen LogP contribution in [-0.4, -0.2) is 39.1 Å². The first kappa shape index (κ1) is 15.6. The van der Waals surface area contributed by atoms with Crippen LogP contribution in [0, 0.1) is 6.92 Å². The van der Waals surface area contributed by atoms with Crippen molar-refractivity contribution in [3.05, 3.63) is 33.8 Å². The lowest BCUT2D eigenvalue weighted by molar-refractivity contribution is 0.517. The zero-order valence-electron chi connectivity index (χ0n) is 10.9. The van der Waals surface area contributed by atoms with Crippen LogP contribution in [0.15, 0.2) is 22.7 Å². The van der Waals surface area contributed by atoms with E-state index in [1.807, 2.05) is 19.1 Å². The Morgan fingerprint density at radius 1 is 1.33 bits per heavy atom. The summed E-state index contributed by atoms with van der Waals surface area (Å²) >= 11 is 3.45. The first-order chi connectivity index (χ1) is 8.33. The van der Waals surface area contributed by atoms with Crippen LogP contribution < -0.4 is 5.32 Å². The van der Waals surface area contributed by atoms with Gasteiger partial charge in [-0.2, -0.15) is 0 Å². The molecule has 0 fully saturated rings. The van der Waals surface area contributed by atoms with Crippen LogP contribution in [-0.2, 0) is 16.6 Å². The number of rotatable bonds is 6. The first-order valence-corrected chi connectivity index (χ1v) is 8.09. The van der Waals surface area contributed by atoms with Gasteiger partial charge in [0.05, 0.1) is 5.75 Å². The molecule has 1 aromatic carbocycles. The molecule has 0 atom stereocenters. The molecule has 0 radical (unpaired) electrons. The van der Waals surface area contributed by atoms with Crippen molar-refractivity contribution in [2.45, 2.75) is 13.5 Å². The van der Waals surface area contributed by atoms with Gasteiger partial charge in [-0.25, -0.2) is 12.7 Å². The molecule has 1 aromatic rings. The predicted octanol–water partition coefficient (Wildman–Crippen LogP) is 1.74. The molecule has 0 aliphatic carbocycles. The molecule has 1 N–H and O–H groups in total. The minimum Gasteiger partial charge on any atom is -0.312 e. The summed E-state index contributed by atoms with van der Waals surface area (Å²) < 4.78 is 25.4. The predicted molar refractivity (Wildman–Crippen MR) is 78.1 cm³/mol. The molecule has 0 spiro atoms. The molecule has 102 valence electrons. The maximum absolute atomic E-state index is 11.5. The van der Waals surface area contributed by atoms with Crippen molar-refractivity contribution in [1.29, 1.82) is 0 Å². The lowest BCUT2D eigenvalue weighted by Gasteiger charge is -2.11. The molecule has 0 bridgehead atoms. The lowest BCUT2D eigenvalue weighted by atomic mass is 10.1. The van der Waals surface area contributed by atoms with Crippen molar-refractivity contribution >= 4 is 26.0 Å². The second-order valence-corrected chi connectivity index (χ2v) is 7.52. The quantitative estimate of drug-likeness (QED) is 0.806. The zero-order valence-corrected chi connectivity index (χ0v) is 13.3. The molecule has 0 heterocycles. The Morgan fingerprint density at radius 2 is 2.00 bits per heavy atom. The van der Waals surface area contributed by atoms with E-state index in [4.69, 9.17) is 0 Å². The number of nitrogens with zero attached hydrogens (tertiary/aromatic N) is 1. The smallest absolute Gasteiger partial charge is 0.214 e. The van der Waals surface area contributed by atoms with E-state index in [1.165, 1.54) is 9.87 Å². The molecule has 4 nitrogen and oxygen atoms in total. The highest BCUT2D eigenvalue weighted by Gasteiger charge is 2.12. The van der Waals surface area contributed by atoms with Crippen molar-refractivity contribution in [3.8, 4) is 0 Å². The summed E-state index contributed by atoms with van der Waals surface area (Å²) in [6, 6.07) is 6.10. The number of aryl methyl sites for hydroxylation is 1.